The zero-order valence-corrected chi connectivity index (χ0v) is 5.86. The number of isocyanates is 1. The molecule has 0 aliphatic carbocycles. The molecule has 0 atom stereocenters. The van der Waals surface area contributed by atoms with Crippen LogP contribution in [0.2, 0.25) is 0 Å². The molecule has 0 aliphatic rings. The van der Waals surface area contributed by atoms with Crippen LogP contribution in [-0.4, -0.2) is 12.6 Å². The van der Waals surface area contributed by atoms with Gasteiger partial charge in [0.05, 0.1) is 12.8 Å². The van der Waals surface area contributed by atoms with Gasteiger partial charge in [0.15, 0.2) is 0 Å². The third-order valence-corrected chi connectivity index (χ3v) is 1.09. The minimum Gasteiger partial charge on any atom is -0.465 e. The largest absolute Gasteiger partial charge is 0.465 e. The molecule has 0 radical (unpaired) electrons. The molecular weight excluding hydrogens is 142 g/mol. The van der Waals surface area contributed by atoms with E-state index in [0.29, 0.717) is 6.54 Å². The van der Waals surface area contributed by atoms with Crippen molar-refractivity contribution in [1.29, 1.82) is 0 Å². The molecular formula is C8H7NO2. The van der Waals surface area contributed by atoms with Crippen LogP contribution in [0.15, 0.2) is 33.9 Å². The molecule has 0 amide bonds. The Morgan fingerprint density at radius 1 is 1.73 bits per heavy atom. The summed E-state index contributed by atoms with van der Waals surface area (Å²) >= 11 is 0. The van der Waals surface area contributed by atoms with E-state index in [1.807, 2.05) is 6.07 Å². The zero-order chi connectivity index (χ0) is 7.94. The topological polar surface area (TPSA) is 42.6 Å². The van der Waals surface area contributed by atoms with Crippen molar-refractivity contribution in [3.05, 3.63) is 30.2 Å². The molecule has 1 aromatic heterocycles. The second-order valence-corrected chi connectivity index (χ2v) is 1.85. The van der Waals surface area contributed by atoms with Crippen LogP contribution in [0.1, 0.15) is 5.76 Å². The molecule has 56 valence electrons. The van der Waals surface area contributed by atoms with Crippen LogP contribution in [-0.2, 0) is 4.79 Å². The number of rotatable bonds is 3. The van der Waals surface area contributed by atoms with Crippen LogP contribution in [0.3, 0.4) is 0 Å². The van der Waals surface area contributed by atoms with Gasteiger partial charge in [-0.15, -0.1) is 0 Å². The Labute approximate surface area is 64.1 Å². The second kappa shape index (κ2) is 4.25. The van der Waals surface area contributed by atoms with Gasteiger partial charge in [0, 0.05) is 0 Å². The lowest BCUT2D eigenvalue weighted by Gasteiger charge is -1.79. The van der Waals surface area contributed by atoms with Crippen molar-refractivity contribution < 1.29 is 9.21 Å². The highest BCUT2D eigenvalue weighted by Gasteiger charge is 1.84. The lowest BCUT2D eigenvalue weighted by molar-refractivity contribution is 0.556. The van der Waals surface area contributed by atoms with E-state index in [-0.39, 0.29) is 0 Å². The Kier molecular flexibility index (Phi) is 2.90. The Hall–Kier alpha value is -1.60. The number of nitrogens with zero attached hydrogens (tertiary/aromatic N) is 1. The van der Waals surface area contributed by atoms with Crippen LogP contribution < -0.4 is 0 Å². The molecule has 3 heteroatoms. The van der Waals surface area contributed by atoms with Gasteiger partial charge in [-0.3, -0.25) is 0 Å². The predicted molar refractivity (Wildman–Crippen MR) is 40.7 cm³/mol. The monoisotopic (exact) mass is 149 g/mol. The molecule has 1 aromatic rings. The van der Waals surface area contributed by atoms with Crippen LogP contribution in [0, 0.1) is 0 Å². The third-order valence-electron chi connectivity index (χ3n) is 1.09. The van der Waals surface area contributed by atoms with Crippen molar-refractivity contribution in [3.8, 4) is 0 Å². The molecule has 1 rings (SSSR count). The van der Waals surface area contributed by atoms with Crippen LogP contribution in [0.4, 0.5) is 0 Å². The van der Waals surface area contributed by atoms with E-state index in [1.54, 1.807) is 24.5 Å². The molecule has 0 fully saturated rings. The van der Waals surface area contributed by atoms with Crippen molar-refractivity contribution in [3.63, 3.8) is 0 Å². The quantitative estimate of drug-likeness (QED) is 0.484. The molecule has 3 nitrogen and oxygen atoms in total. The molecule has 0 N–H and O–H groups in total. The standard InChI is InChI=1S/C8H7NO2/c10-7-9-5-1-3-8-4-2-6-11-8/h1-4,6H,5H2/b3-1-. The number of aliphatic imine (C=N–C) groups is 1. The SMILES string of the molecule is O=C=NC/C=C\c1ccco1. The fourth-order valence-electron chi connectivity index (χ4n) is 0.645. The maximum atomic E-state index is 9.62. The van der Waals surface area contributed by atoms with Gasteiger partial charge in [-0.05, 0) is 18.2 Å². The van der Waals surface area contributed by atoms with Gasteiger partial charge in [0.2, 0.25) is 6.08 Å². The fraction of sp³-hybridized carbons (Fsp3) is 0.125. The average molecular weight is 149 g/mol. The predicted octanol–water partition coefficient (Wildman–Crippen LogP) is 1.63. The van der Waals surface area contributed by atoms with Crippen molar-refractivity contribution in [2.75, 3.05) is 6.54 Å². The molecule has 0 bridgehead atoms. The summed E-state index contributed by atoms with van der Waals surface area (Å²) in [6.45, 7) is 0.351. The van der Waals surface area contributed by atoms with E-state index < -0.39 is 0 Å². The van der Waals surface area contributed by atoms with E-state index >= 15 is 0 Å². The number of carbonyl (C=O) groups excluding carboxylic acids is 1. The van der Waals surface area contributed by atoms with Crippen molar-refractivity contribution in [2.45, 2.75) is 0 Å². The van der Waals surface area contributed by atoms with Crippen molar-refractivity contribution in [2.24, 2.45) is 4.99 Å². The Morgan fingerprint density at radius 3 is 3.27 bits per heavy atom. The van der Waals surface area contributed by atoms with Gasteiger partial charge in [0.25, 0.3) is 0 Å². The molecule has 0 unspecified atom stereocenters. The Balaban J connectivity index is 2.42. The lowest BCUT2D eigenvalue weighted by Crippen LogP contribution is -1.68. The minimum absolute atomic E-state index is 0.351. The number of hydrogen-bond donors (Lipinski definition) is 0. The van der Waals surface area contributed by atoms with Gasteiger partial charge < -0.3 is 4.42 Å². The Morgan fingerprint density at radius 2 is 2.64 bits per heavy atom. The molecule has 0 saturated carbocycles. The average Bonchev–Trinajstić information content (AvgIpc) is 2.50. The molecule has 0 saturated heterocycles. The summed E-state index contributed by atoms with van der Waals surface area (Å²) in [5, 5.41) is 0. The van der Waals surface area contributed by atoms with E-state index in [1.165, 1.54) is 6.08 Å². The van der Waals surface area contributed by atoms with E-state index in [0.717, 1.165) is 5.76 Å². The molecule has 0 aliphatic heterocycles. The first-order valence-corrected chi connectivity index (χ1v) is 3.17. The van der Waals surface area contributed by atoms with E-state index in [9.17, 15) is 4.79 Å². The summed E-state index contributed by atoms with van der Waals surface area (Å²) in [5.41, 5.74) is 0. The summed E-state index contributed by atoms with van der Waals surface area (Å²) in [7, 11) is 0. The first-order valence-electron chi connectivity index (χ1n) is 3.17. The van der Waals surface area contributed by atoms with Gasteiger partial charge >= 0.3 is 0 Å². The normalized spacial score (nSPS) is 9.82. The summed E-state index contributed by atoms with van der Waals surface area (Å²) < 4.78 is 4.99. The highest BCUT2D eigenvalue weighted by atomic mass is 16.3. The smallest absolute Gasteiger partial charge is 0.235 e. The zero-order valence-electron chi connectivity index (χ0n) is 5.86. The van der Waals surface area contributed by atoms with Crippen molar-refractivity contribution in [1.82, 2.24) is 0 Å². The highest BCUT2D eigenvalue weighted by molar-refractivity contribution is 5.43. The summed E-state index contributed by atoms with van der Waals surface area (Å²) in [5.74, 6) is 0.756. The maximum Gasteiger partial charge on any atom is 0.235 e. The van der Waals surface area contributed by atoms with Gasteiger partial charge in [-0.2, -0.15) is 0 Å². The second-order valence-electron chi connectivity index (χ2n) is 1.85. The first-order chi connectivity index (χ1) is 5.43. The Bertz CT molecular complexity index is 268. The molecule has 0 spiro atoms. The van der Waals surface area contributed by atoms with Crippen LogP contribution >= 0.6 is 0 Å². The van der Waals surface area contributed by atoms with Crippen LogP contribution in [0.25, 0.3) is 6.08 Å². The number of furan rings is 1. The van der Waals surface area contributed by atoms with Crippen LogP contribution in [0.5, 0.6) is 0 Å². The molecule has 0 aromatic carbocycles. The highest BCUT2D eigenvalue weighted by Crippen LogP contribution is 2.01. The number of hydrogen-bond acceptors (Lipinski definition) is 3. The van der Waals surface area contributed by atoms with Gasteiger partial charge in [-0.25, -0.2) is 9.79 Å². The summed E-state index contributed by atoms with van der Waals surface area (Å²) in [4.78, 5) is 13.0. The van der Waals surface area contributed by atoms with Gasteiger partial charge in [-0.1, -0.05) is 6.08 Å². The first kappa shape index (κ1) is 7.51. The van der Waals surface area contributed by atoms with Crippen molar-refractivity contribution >= 4 is 12.2 Å². The summed E-state index contributed by atoms with van der Waals surface area (Å²) in [6, 6.07) is 3.61. The maximum absolute atomic E-state index is 9.62. The summed E-state index contributed by atoms with van der Waals surface area (Å²) in [6.07, 6.45) is 6.50. The third kappa shape index (κ3) is 2.65. The van der Waals surface area contributed by atoms with E-state index in [4.69, 9.17) is 4.42 Å². The minimum atomic E-state index is 0.351. The van der Waals surface area contributed by atoms with E-state index in [2.05, 4.69) is 4.99 Å². The molecule has 1 heterocycles. The fourth-order valence-corrected chi connectivity index (χ4v) is 0.645. The lowest BCUT2D eigenvalue weighted by atomic mass is 10.4. The van der Waals surface area contributed by atoms with Gasteiger partial charge in [0.1, 0.15) is 5.76 Å². The molecule has 11 heavy (non-hydrogen) atoms.